The van der Waals surface area contributed by atoms with Gasteiger partial charge in [0.2, 0.25) is 0 Å². The molecule has 1 saturated heterocycles. The predicted octanol–water partition coefficient (Wildman–Crippen LogP) is 3.24. The van der Waals surface area contributed by atoms with Gasteiger partial charge in [0.05, 0.1) is 24.3 Å². The van der Waals surface area contributed by atoms with Crippen molar-refractivity contribution in [2.75, 3.05) is 25.3 Å². The van der Waals surface area contributed by atoms with Crippen LogP contribution in [0.15, 0.2) is 24.3 Å². The molecule has 1 aromatic rings. The summed E-state index contributed by atoms with van der Waals surface area (Å²) in [4.78, 5) is 25.7. The number of hydrogen-bond acceptors (Lipinski definition) is 4. The second kappa shape index (κ2) is 7.46. The van der Waals surface area contributed by atoms with Crippen LogP contribution >= 0.6 is 0 Å². The number of benzene rings is 1. The van der Waals surface area contributed by atoms with Gasteiger partial charge in [-0.15, -0.1) is 0 Å². The Morgan fingerprint density at radius 1 is 1.30 bits per heavy atom. The van der Waals surface area contributed by atoms with Crippen LogP contribution in [0.3, 0.4) is 0 Å². The van der Waals surface area contributed by atoms with E-state index in [0.29, 0.717) is 24.5 Å². The van der Waals surface area contributed by atoms with Crippen molar-refractivity contribution in [3.63, 3.8) is 0 Å². The van der Waals surface area contributed by atoms with Crippen LogP contribution in [-0.4, -0.2) is 42.4 Å². The van der Waals surface area contributed by atoms with Crippen LogP contribution in [0.4, 0.5) is 10.5 Å². The average molecular weight is 320 g/mol. The molecular weight excluding hydrogens is 296 g/mol. The molecule has 1 aliphatic rings. The molecule has 0 aromatic heterocycles. The first kappa shape index (κ1) is 17.3. The third kappa shape index (κ3) is 4.45. The summed E-state index contributed by atoms with van der Waals surface area (Å²) < 4.78 is 10.5. The van der Waals surface area contributed by atoms with Crippen LogP contribution in [0, 0.1) is 0 Å². The first-order chi connectivity index (χ1) is 10.9. The number of nitrogens with zero attached hydrogens (tertiary/aromatic N) is 1. The Morgan fingerprint density at radius 2 is 2.00 bits per heavy atom. The number of hydrogen-bond donors (Lipinski definition) is 1. The Balaban J connectivity index is 1.92. The maximum atomic E-state index is 12.3. The van der Waals surface area contributed by atoms with Gasteiger partial charge in [0.15, 0.2) is 0 Å². The van der Waals surface area contributed by atoms with Crippen LogP contribution in [0.1, 0.15) is 44.0 Å². The molecule has 1 aromatic carbocycles. The van der Waals surface area contributed by atoms with E-state index in [1.54, 1.807) is 29.2 Å². The fourth-order valence-electron chi connectivity index (χ4n) is 2.25. The molecule has 2 amide bonds. The molecular formula is C17H24N2O4. The van der Waals surface area contributed by atoms with Gasteiger partial charge in [0.1, 0.15) is 6.73 Å². The molecule has 126 valence electrons. The summed E-state index contributed by atoms with van der Waals surface area (Å²) in [5, 5.41) is 2.81. The number of esters is 1. The molecule has 2 rings (SSSR count). The number of amides is 2. The first-order valence-corrected chi connectivity index (χ1v) is 7.87. The second-order valence-electron chi connectivity index (χ2n) is 6.22. The number of ether oxygens (including phenoxy) is 2. The minimum atomic E-state index is -0.342. The van der Waals surface area contributed by atoms with Gasteiger partial charge < -0.3 is 14.8 Å². The van der Waals surface area contributed by atoms with Gasteiger partial charge in [-0.25, -0.2) is 9.59 Å². The van der Waals surface area contributed by atoms with E-state index in [1.165, 1.54) is 0 Å². The summed E-state index contributed by atoms with van der Waals surface area (Å²) >= 11 is 0. The van der Waals surface area contributed by atoms with Gasteiger partial charge in [-0.05, 0) is 44.5 Å². The van der Waals surface area contributed by atoms with E-state index >= 15 is 0 Å². The highest BCUT2D eigenvalue weighted by Crippen LogP contribution is 2.22. The minimum Gasteiger partial charge on any atom is -0.462 e. The molecule has 0 radical (unpaired) electrons. The molecule has 0 unspecified atom stereocenters. The zero-order chi connectivity index (χ0) is 16.9. The summed E-state index contributed by atoms with van der Waals surface area (Å²) in [6.07, 6.45) is 1.84. The zero-order valence-corrected chi connectivity index (χ0v) is 13.9. The predicted molar refractivity (Wildman–Crippen MR) is 87.4 cm³/mol. The minimum absolute atomic E-state index is 0.217. The van der Waals surface area contributed by atoms with Crippen molar-refractivity contribution in [3.05, 3.63) is 29.8 Å². The van der Waals surface area contributed by atoms with Crippen LogP contribution in [-0.2, 0) is 9.47 Å². The van der Waals surface area contributed by atoms with Crippen molar-refractivity contribution in [2.45, 2.75) is 39.2 Å². The summed E-state index contributed by atoms with van der Waals surface area (Å²) in [5.74, 6) is -0.342. The van der Waals surface area contributed by atoms with Crippen LogP contribution < -0.4 is 5.32 Å². The van der Waals surface area contributed by atoms with E-state index in [2.05, 4.69) is 5.32 Å². The van der Waals surface area contributed by atoms with Gasteiger partial charge in [0, 0.05) is 5.69 Å². The summed E-state index contributed by atoms with van der Waals surface area (Å²) in [6.45, 7) is 7.17. The normalized spacial score (nSPS) is 16.2. The maximum Gasteiger partial charge on any atom is 0.338 e. The van der Waals surface area contributed by atoms with Crippen LogP contribution in [0.2, 0.25) is 0 Å². The standard InChI is InChI=1S/C17H24N2O4/c1-4-5-10-23-15(20)13-6-8-14(9-7-13)18-16(21)19-12-22-11-17(19,2)3/h6-9H,4-5,10-12H2,1-3H3,(H,18,21). The number of unbranched alkanes of at least 4 members (excludes halogenated alkanes) is 1. The number of carbonyl (C=O) groups excluding carboxylic acids is 2. The highest BCUT2D eigenvalue weighted by atomic mass is 16.5. The van der Waals surface area contributed by atoms with E-state index in [1.807, 2.05) is 20.8 Å². The average Bonchev–Trinajstić information content (AvgIpc) is 2.87. The van der Waals surface area contributed by atoms with Gasteiger partial charge in [-0.3, -0.25) is 4.90 Å². The Bertz CT molecular complexity index is 554. The van der Waals surface area contributed by atoms with E-state index < -0.39 is 0 Å². The van der Waals surface area contributed by atoms with Crippen molar-refractivity contribution in [3.8, 4) is 0 Å². The number of carbonyl (C=O) groups is 2. The summed E-state index contributed by atoms with van der Waals surface area (Å²) in [6, 6.07) is 6.47. The molecule has 1 heterocycles. The quantitative estimate of drug-likeness (QED) is 0.668. The fraction of sp³-hybridized carbons (Fsp3) is 0.529. The molecule has 0 spiro atoms. The molecule has 6 nitrogen and oxygen atoms in total. The van der Waals surface area contributed by atoms with Crippen molar-refractivity contribution in [2.24, 2.45) is 0 Å². The third-order valence-corrected chi connectivity index (χ3v) is 3.75. The highest BCUT2D eigenvalue weighted by molar-refractivity contribution is 5.92. The van der Waals surface area contributed by atoms with E-state index in [9.17, 15) is 9.59 Å². The van der Waals surface area contributed by atoms with Crippen molar-refractivity contribution in [1.29, 1.82) is 0 Å². The van der Waals surface area contributed by atoms with Gasteiger partial charge in [-0.1, -0.05) is 13.3 Å². The Labute approximate surface area is 136 Å². The molecule has 0 atom stereocenters. The van der Waals surface area contributed by atoms with E-state index in [-0.39, 0.29) is 24.3 Å². The molecule has 23 heavy (non-hydrogen) atoms. The monoisotopic (exact) mass is 320 g/mol. The fourth-order valence-corrected chi connectivity index (χ4v) is 2.25. The van der Waals surface area contributed by atoms with E-state index in [0.717, 1.165) is 12.8 Å². The Hall–Kier alpha value is -2.08. The topological polar surface area (TPSA) is 67.9 Å². The van der Waals surface area contributed by atoms with Crippen molar-refractivity contribution < 1.29 is 19.1 Å². The third-order valence-electron chi connectivity index (χ3n) is 3.75. The van der Waals surface area contributed by atoms with Gasteiger partial charge >= 0.3 is 12.0 Å². The Morgan fingerprint density at radius 3 is 2.57 bits per heavy atom. The number of nitrogens with one attached hydrogen (secondary N) is 1. The first-order valence-electron chi connectivity index (χ1n) is 7.87. The molecule has 1 aliphatic heterocycles. The van der Waals surface area contributed by atoms with Crippen molar-refractivity contribution in [1.82, 2.24) is 4.90 Å². The molecule has 0 aliphatic carbocycles. The van der Waals surface area contributed by atoms with Gasteiger partial charge in [-0.2, -0.15) is 0 Å². The summed E-state index contributed by atoms with van der Waals surface area (Å²) in [5.41, 5.74) is 0.777. The lowest BCUT2D eigenvalue weighted by atomic mass is 10.1. The van der Waals surface area contributed by atoms with Gasteiger partial charge in [0.25, 0.3) is 0 Å². The zero-order valence-electron chi connectivity index (χ0n) is 13.9. The Kier molecular flexibility index (Phi) is 5.60. The lowest BCUT2D eigenvalue weighted by molar-refractivity contribution is 0.0499. The van der Waals surface area contributed by atoms with E-state index in [4.69, 9.17) is 9.47 Å². The molecule has 1 fully saturated rings. The maximum absolute atomic E-state index is 12.3. The molecule has 0 saturated carbocycles. The lowest BCUT2D eigenvalue weighted by Gasteiger charge is -2.29. The lowest BCUT2D eigenvalue weighted by Crippen LogP contribution is -2.46. The highest BCUT2D eigenvalue weighted by Gasteiger charge is 2.36. The van der Waals surface area contributed by atoms with Crippen molar-refractivity contribution >= 4 is 17.7 Å². The SMILES string of the molecule is CCCCOC(=O)c1ccc(NC(=O)N2COCC2(C)C)cc1. The number of anilines is 1. The molecule has 1 N–H and O–H groups in total. The summed E-state index contributed by atoms with van der Waals surface area (Å²) in [7, 11) is 0. The smallest absolute Gasteiger partial charge is 0.338 e. The van der Waals surface area contributed by atoms with Crippen LogP contribution in [0.5, 0.6) is 0 Å². The molecule has 6 heteroatoms. The second-order valence-corrected chi connectivity index (χ2v) is 6.22. The molecule has 0 bridgehead atoms. The van der Waals surface area contributed by atoms with Crippen LogP contribution in [0.25, 0.3) is 0 Å². The number of urea groups is 1. The largest absolute Gasteiger partial charge is 0.462 e. The number of rotatable bonds is 5.